The molecule has 0 aromatic carbocycles. The topological polar surface area (TPSA) is 0 Å². The fourth-order valence-corrected chi connectivity index (χ4v) is 8.45. The Balaban J connectivity index is 2.00. The van der Waals surface area contributed by atoms with Gasteiger partial charge in [-0.1, -0.05) is 0 Å². The first-order valence-corrected chi connectivity index (χ1v) is 14.9. The minimum absolute atomic E-state index is 1.36. The first-order valence-electron chi connectivity index (χ1n) is 7.96. The van der Waals surface area contributed by atoms with Gasteiger partial charge in [-0.3, -0.25) is 0 Å². The molecular formula is C15H30S6. The molecule has 1 aliphatic rings. The molecule has 0 aromatic rings. The van der Waals surface area contributed by atoms with Crippen LogP contribution in [0.25, 0.3) is 0 Å². The van der Waals surface area contributed by atoms with Gasteiger partial charge in [-0.2, -0.15) is 70.6 Å². The minimum Gasteiger partial charge on any atom is -0.161 e. The van der Waals surface area contributed by atoms with Gasteiger partial charge in [0.05, 0.1) is 0 Å². The third-order valence-corrected chi connectivity index (χ3v) is 10.0. The number of hydrogen-bond donors (Lipinski definition) is 0. The fraction of sp³-hybridized carbons (Fsp3) is 1.00. The summed E-state index contributed by atoms with van der Waals surface area (Å²) in [7, 11) is 0. The summed E-state index contributed by atoms with van der Waals surface area (Å²) in [4.78, 5) is 0. The van der Waals surface area contributed by atoms with Crippen LogP contribution in [0.2, 0.25) is 0 Å². The van der Waals surface area contributed by atoms with Crippen LogP contribution in [0.5, 0.6) is 0 Å². The molecule has 0 spiro atoms. The molecule has 21 heavy (non-hydrogen) atoms. The van der Waals surface area contributed by atoms with Gasteiger partial charge >= 0.3 is 0 Å². The summed E-state index contributed by atoms with van der Waals surface area (Å²) in [6, 6.07) is 0. The summed E-state index contributed by atoms with van der Waals surface area (Å²) in [5.74, 6) is 16.3. The molecule has 1 heterocycles. The molecule has 0 unspecified atom stereocenters. The predicted molar refractivity (Wildman–Crippen MR) is 118 cm³/mol. The average molecular weight is 403 g/mol. The lowest BCUT2D eigenvalue weighted by atomic mass is 10.6. The Morgan fingerprint density at radius 3 is 0.619 bits per heavy atom. The maximum atomic E-state index is 2.16. The molecule has 0 atom stereocenters. The van der Waals surface area contributed by atoms with Crippen LogP contribution in [0, 0.1) is 0 Å². The molecule has 0 saturated carbocycles. The summed E-state index contributed by atoms with van der Waals surface area (Å²) in [6.07, 6.45) is 4.20. The van der Waals surface area contributed by atoms with E-state index in [2.05, 4.69) is 70.6 Å². The zero-order valence-electron chi connectivity index (χ0n) is 13.1. The highest BCUT2D eigenvalue weighted by atomic mass is 32.2. The SMILES string of the molecule is C1CSCCSCCCSCCSCCCSCCSC1. The third kappa shape index (κ3) is 16.7. The van der Waals surface area contributed by atoms with Crippen molar-refractivity contribution >= 4 is 70.6 Å². The van der Waals surface area contributed by atoms with E-state index in [1.54, 1.807) is 0 Å². The zero-order chi connectivity index (χ0) is 14.8. The normalized spacial score (nSPS) is 24.0. The fourth-order valence-electron chi connectivity index (χ4n) is 1.76. The van der Waals surface area contributed by atoms with Crippen LogP contribution in [0.4, 0.5) is 0 Å². The number of rotatable bonds is 0. The van der Waals surface area contributed by atoms with Gasteiger partial charge in [-0.15, -0.1) is 0 Å². The van der Waals surface area contributed by atoms with Gasteiger partial charge in [0, 0.05) is 34.5 Å². The van der Waals surface area contributed by atoms with Gasteiger partial charge in [0.2, 0.25) is 0 Å². The highest BCUT2D eigenvalue weighted by molar-refractivity contribution is 8.04. The van der Waals surface area contributed by atoms with E-state index in [4.69, 9.17) is 0 Å². The molecular weight excluding hydrogens is 373 g/mol. The first kappa shape index (κ1) is 21.1. The number of hydrogen-bond acceptors (Lipinski definition) is 6. The largest absolute Gasteiger partial charge is 0.161 e. The van der Waals surface area contributed by atoms with Crippen LogP contribution in [-0.2, 0) is 0 Å². The monoisotopic (exact) mass is 402 g/mol. The maximum Gasteiger partial charge on any atom is 0.00235 e. The summed E-state index contributed by atoms with van der Waals surface area (Å²) in [5.41, 5.74) is 0. The second-order valence-electron chi connectivity index (χ2n) is 4.73. The Bertz CT molecular complexity index is 110. The minimum atomic E-state index is 1.36. The molecule has 0 nitrogen and oxygen atoms in total. The predicted octanol–water partition coefficient (Wildman–Crippen LogP) is 5.57. The van der Waals surface area contributed by atoms with Crippen LogP contribution in [0.1, 0.15) is 19.3 Å². The molecule has 0 bridgehead atoms. The van der Waals surface area contributed by atoms with Crippen LogP contribution in [-0.4, -0.2) is 69.0 Å². The van der Waals surface area contributed by atoms with Gasteiger partial charge in [0.25, 0.3) is 0 Å². The van der Waals surface area contributed by atoms with Crippen LogP contribution in [0.3, 0.4) is 0 Å². The molecule has 6 heteroatoms. The molecule has 0 radical (unpaired) electrons. The van der Waals surface area contributed by atoms with E-state index in [1.165, 1.54) is 88.3 Å². The highest BCUT2D eigenvalue weighted by Gasteiger charge is 1.97. The molecule has 1 rings (SSSR count). The Kier molecular flexibility index (Phi) is 18.6. The van der Waals surface area contributed by atoms with Gasteiger partial charge in [-0.25, -0.2) is 0 Å². The average Bonchev–Trinajstić information content (AvgIpc) is 2.50. The second kappa shape index (κ2) is 18.4. The summed E-state index contributed by atoms with van der Waals surface area (Å²) in [6.45, 7) is 0. The van der Waals surface area contributed by atoms with Gasteiger partial charge in [-0.05, 0) is 53.8 Å². The van der Waals surface area contributed by atoms with E-state index in [-0.39, 0.29) is 0 Å². The van der Waals surface area contributed by atoms with Crippen molar-refractivity contribution in [2.75, 3.05) is 69.0 Å². The van der Waals surface area contributed by atoms with E-state index in [1.807, 2.05) is 0 Å². The van der Waals surface area contributed by atoms with E-state index >= 15 is 0 Å². The van der Waals surface area contributed by atoms with E-state index < -0.39 is 0 Å². The van der Waals surface area contributed by atoms with Crippen LogP contribution < -0.4 is 0 Å². The molecule has 0 amide bonds. The van der Waals surface area contributed by atoms with Crippen LogP contribution in [0.15, 0.2) is 0 Å². The Morgan fingerprint density at radius 2 is 0.429 bits per heavy atom. The highest BCUT2D eigenvalue weighted by Crippen LogP contribution is 2.16. The van der Waals surface area contributed by atoms with Crippen molar-refractivity contribution in [3.05, 3.63) is 0 Å². The van der Waals surface area contributed by atoms with E-state index in [9.17, 15) is 0 Å². The maximum absolute atomic E-state index is 2.16. The van der Waals surface area contributed by atoms with Gasteiger partial charge in [0.15, 0.2) is 0 Å². The van der Waals surface area contributed by atoms with Crippen molar-refractivity contribution < 1.29 is 0 Å². The lowest BCUT2D eigenvalue weighted by molar-refractivity contribution is 1.12. The molecule has 1 fully saturated rings. The molecule has 0 aromatic heterocycles. The number of thioether (sulfide) groups is 6. The van der Waals surface area contributed by atoms with Crippen molar-refractivity contribution in [2.45, 2.75) is 19.3 Å². The molecule has 1 aliphatic heterocycles. The Labute approximate surface area is 158 Å². The smallest absolute Gasteiger partial charge is 0.00235 e. The molecule has 0 N–H and O–H groups in total. The summed E-state index contributed by atoms with van der Waals surface area (Å²) >= 11 is 12.9. The van der Waals surface area contributed by atoms with Crippen molar-refractivity contribution in [1.82, 2.24) is 0 Å². The van der Waals surface area contributed by atoms with Gasteiger partial charge < -0.3 is 0 Å². The van der Waals surface area contributed by atoms with Crippen molar-refractivity contribution in [1.29, 1.82) is 0 Å². The lowest BCUT2D eigenvalue weighted by Crippen LogP contribution is -1.93. The van der Waals surface area contributed by atoms with Crippen molar-refractivity contribution in [3.8, 4) is 0 Å². The van der Waals surface area contributed by atoms with Crippen molar-refractivity contribution in [2.24, 2.45) is 0 Å². The van der Waals surface area contributed by atoms with E-state index in [0.717, 1.165) is 0 Å². The van der Waals surface area contributed by atoms with Gasteiger partial charge in [0.1, 0.15) is 0 Å². The van der Waals surface area contributed by atoms with E-state index in [0.29, 0.717) is 0 Å². The standard InChI is InChI=1S/C15H30S6/c1-4-16-10-12-18-6-2-8-20-14-15-21-9-3-7-19-13-11-17-5-1/h1-15H2. The third-order valence-electron chi connectivity index (χ3n) is 2.85. The second-order valence-corrected chi connectivity index (χ2v) is 12.1. The molecule has 1 saturated heterocycles. The van der Waals surface area contributed by atoms with Crippen LogP contribution >= 0.6 is 70.6 Å². The molecule has 0 aliphatic carbocycles. The Hall–Kier alpha value is 2.10. The molecule has 126 valence electrons. The van der Waals surface area contributed by atoms with Crippen molar-refractivity contribution in [3.63, 3.8) is 0 Å². The Morgan fingerprint density at radius 1 is 0.238 bits per heavy atom. The lowest BCUT2D eigenvalue weighted by Gasteiger charge is -2.03. The quantitative estimate of drug-likeness (QED) is 0.516. The first-order chi connectivity index (χ1) is 10.5. The zero-order valence-corrected chi connectivity index (χ0v) is 18.0. The summed E-state index contributed by atoms with van der Waals surface area (Å²) in [5, 5.41) is 0. The summed E-state index contributed by atoms with van der Waals surface area (Å²) < 4.78 is 0.